The molecule has 0 aliphatic rings. The number of para-hydroxylation sites is 1. The molecule has 254 valence electrons. The lowest BCUT2D eigenvalue weighted by molar-refractivity contribution is 0.669. The number of nitrogens with zero attached hydrogens (tertiary/aromatic N) is 1. The van der Waals surface area contributed by atoms with Gasteiger partial charge in [0.2, 0.25) is 0 Å². The van der Waals surface area contributed by atoms with Crippen molar-refractivity contribution >= 4 is 135 Å². The Labute approximate surface area is 319 Å². The van der Waals surface area contributed by atoms with Crippen LogP contribution in [-0.4, -0.2) is 0 Å². The van der Waals surface area contributed by atoms with Gasteiger partial charge in [-0.1, -0.05) is 127 Å². The second kappa shape index (κ2) is 10.8. The second-order valence-corrected chi connectivity index (χ2v) is 15.8. The van der Waals surface area contributed by atoms with Crippen molar-refractivity contribution in [2.75, 3.05) is 4.90 Å². The van der Waals surface area contributed by atoms with E-state index in [1.165, 1.54) is 96.2 Å². The number of rotatable bonds is 3. The quantitative estimate of drug-likeness (QED) is 0.169. The van der Waals surface area contributed by atoms with E-state index in [-0.39, 0.29) is 0 Å². The number of anilines is 3. The minimum absolute atomic E-state index is 0.918. The third kappa shape index (κ3) is 4.03. The van der Waals surface area contributed by atoms with Crippen LogP contribution in [0.15, 0.2) is 180 Å². The summed E-state index contributed by atoms with van der Waals surface area (Å²) in [6.45, 7) is 0. The summed E-state index contributed by atoms with van der Waals surface area (Å²) in [5.41, 5.74) is 5.32. The summed E-state index contributed by atoms with van der Waals surface area (Å²) in [6, 6.07) is 65.0. The van der Waals surface area contributed by atoms with Crippen LogP contribution in [0.5, 0.6) is 0 Å². The molecular weight excluding hydrogens is 687 g/mol. The van der Waals surface area contributed by atoms with Crippen LogP contribution in [0.3, 0.4) is 0 Å². The number of fused-ring (bicyclic) bond motifs is 12. The van der Waals surface area contributed by atoms with Crippen molar-refractivity contribution in [3.63, 3.8) is 0 Å². The van der Waals surface area contributed by atoms with Crippen molar-refractivity contribution in [3.05, 3.63) is 176 Å². The molecule has 0 atom stereocenters. The highest BCUT2D eigenvalue weighted by Gasteiger charge is 2.23. The molecule has 0 saturated carbocycles. The lowest BCUT2D eigenvalue weighted by Gasteiger charge is -2.28. The lowest BCUT2D eigenvalue weighted by Crippen LogP contribution is -2.11. The number of furan rings is 1. The zero-order valence-electron chi connectivity index (χ0n) is 29.5. The van der Waals surface area contributed by atoms with E-state index < -0.39 is 0 Å². The van der Waals surface area contributed by atoms with Gasteiger partial charge in [-0.2, -0.15) is 0 Å². The van der Waals surface area contributed by atoms with Crippen LogP contribution in [0.25, 0.3) is 107 Å². The highest BCUT2D eigenvalue weighted by atomic mass is 32.1. The zero-order chi connectivity index (χ0) is 35.8. The highest BCUT2D eigenvalue weighted by molar-refractivity contribution is 7.26. The van der Waals surface area contributed by atoms with Gasteiger partial charge in [0.15, 0.2) is 0 Å². The summed E-state index contributed by atoms with van der Waals surface area (Å²) in [5.74, 6) is 0. The molecule has 0 radical (unpaired) electrons. The molecule has 0 unspecified atom stereocenters. The summed E-state index contributed by atoms with van der Waals surface area (Å²) < 4.78 is 9.03. The van der Waals surface area contributed by atoms with Gasteiger partial charge in [0, 0.05) is 37.3 Å². The summed E-state index contributed by atoms with van der Waals surface area (Å²) in [5, 5.41) is 20.0. The Hall–Kier alpha value is -6.94. The van der Waals surface area contributed by atoms with Crippen molar-refractivity contribution in [2.45, 2.75) is 0 Å². The lowest BCUT2D eigenvalue weighted by atomic mass is 9.92. The normalized spacial score (nSPS) is 12.4. The number of thiophene rings is 1. The second-order valence-electron chi connectivity index (χ2n) is 14.8. The zero-order valence-corrected chi connectivity index (χ0v) is 30.3. The van der Waals surface area contributed by atoms with Crippen LogP contribution in [-0.2, 0) is 0 Å². The average Bonchev–Trinajstić information content (AvgIpc) is 3.81. The van der Waals surface area contributed by atoms with Crippen LogP contribution >= 0.6 is 11.3 Å². The van der Waals surface area contributed by atoms with Gasteiger partial charge in [0.1, 0.15) is 11.2 Å². The van der Waals surface area contributed by atoms with E-state index in [4.69, 9.17) is 4.42 Å². The van der Waals surface area contributed by atoms with Gasteiger partial charge in [-0.3, -0.25) is 0 Å². The molecule has 0 spiro atoms. The molecule has 13 rings (SSSR count). The molecule has 0 bridgehead atoms. The van der Waals surface area contributed by atoms with E-state index in [0.717, 1.165) is 27.6 Å². The van der Waals surface area contributed by atoms with Crippen molar-refractivity contribution in [3.8, 4) is 0 Å². The molecule has 13 aromatic rings. The van der Waals surface area contributed by atoms with Crippen LogP contribution in [0.1, 0.15) is 0 Å². The maximum absolute atomic E-state index is 6.45. The van der Waals surface area contributed by atoms with Crippen LogP contribution in [0.4, 0.5) is 17.1 Å². The summed E-state index contributed by atoms with van der Waals surface area (Å²) in [7, 11) is 0. The smallest absolute Gasteiger partial charge is 0.136 e. The SMILES string of the molecule is c1cc2ccc3ccc(N(c4ccc5c(c4)c4ccccc4c4cc6c(cc54)oc4ccccc46)c4cccc5c4sc4ccccc45)c4ccc(c1)c2c34. The van der Waals surface area contributed by atoms with Crippen LogP contribution in [0.2, 0.25) is 0 Å². The first-order valence-corrected chi connectivity index (χ1v) is 19.6. The Morgan fingerprint density at radius 3 is 1.82 bits per heavy atom. The van der Waals surface area contributed by atoms with Gasteiger partial charge < -0.3 is 9.32 Å². The fraction of sp³-hybridized carbons (Fsp3) is 0. The molecule has 2 aromatic heterocycles. The van der Waals surface area contributed by atoms with Gasteiger partial charge in [-0.05, 0) is 108 Å². The average molecular weight is 716 g/mol. The molecule has 3 heteroatoms. The molecule has 0 fully saturated rings. The van der Waals surface area contributed by atoms with E-state index in [1.54, 1.807) is 0 Å². The van der Waals surface area contributed by atoms with Crippen molar-refractivity contribution in [2.24, 2.45) is 0 Å². The Kier molecular flexibility index (Phi) is 5.80. The molecule has 2 heterocycles. The molecule has 55 heavy (non-hydrogen) atoms. The third-order valence-corrected chi connectivity index (χ3v) is 13.2. The fourth-order valence-corrected chi connectivity index (χ4v) is 10.7. The number of hydrogen-bond acceptors (Lipinski definition) is 3. The molecular formula is C52H29NOS. The third-order valence-electron chi connectivity index (χ3n) is 11.9. The molecule has 0 saturated heterocycles. The van der Waals surface area contributed by atoms with Crippen LogP contribution in [0, 0.1) is 0 Å². The Morgan fingerprint density at radius 1 is 0.345 bits per heavy atom. The van der Waals surface area contributed by atoms with Gasteiger partial charge in [-0.15, -0.1) is 11.3 Å². The Balaban J connectivity index is 1.15. The van der Waals surface area contributed by atoms with Gasteiger partial charge in [0.05, 0.1) is 16.1 Å². The van der Waals surface area contributed by atoms with Crippen molar-refractivity contribution in [1.82, 2.24) is 0 Å². The number of benzene rings is 11. The molecule has 0 aliphatic heterocycles. The van der Waals surface area contributed by atoms with Crippen molar-refractivity contribution < 1.29 is 4.42 Å². The Morgan fingerprint density at radius 2 is 0.964 bits per heavy atom. The predicted octanol–water partition coefficient (Wildman–Crippen LogP) is 15.8. The fourth-order valence-electron chi connectivity index (χ4n) is 9.53. The highest BCUT2D eigenvalue weighted by Crippen LogP contribution is 2.49. The minimum Gasteiger partial charge on any atom is -0.456 e. The first-order valence-electron chi connectivity index (χ1n) is 18.8. The van der Waals surface area contributed by atoms with E-state index in [1.807, 2.05) is 17.4 Å². The molecule has 11 aromatic carbocycles. The van der Waals surface area contributed by atoms with E-state index >= 15 is 0 Å². The Bertz CT molecular complexity index is 3720. The monoisotopic (exact) mass is 715 g/mol. The van der Waals surface area contributed by atoms with Gasteiger partial charge in [-0.25, -0.2) is 0 Å². The molecule has 0 N–H and O–H groups in total. The molecule has 0 amide bonds. The molecule has 2 nitrogen and oxygen atoms in total. The maximum atomic E-state index is 6.45. The standard InChI is InChI=1S/C52H29NOS/c1-2-12-35-34(11-1)41-27-33(23-25-36(41)43-29-48-44(28-42(35)43)37-13-3-5-17-47(37)54-48)53(46-16-8-15-39-38-14-4-6-18-49(38)55-52(39)46)45-26-22-32-20-19-30-9-7-10-31-21-24-40(45)51(32)50(30)31/h1-29H. The summed E-state index contributed by atoms with van der Waals surface area (Å²) in [4.78, 5) is 2.52. The maximum Gasteiger partial charge on any atom is 0.136 e. The summed E-state index contributed by atoms with van der Waals surface area (Å²) >= 11 is 1.88. The molecule has 0 aliphatic carbocycles. The number of hydrogen-bond donors (Lipinski definition) is 0. The largest absolute Gasteiger partial charge is 0.456 e. The van der Waals surface area contributed by atoms with Crippen molar-refractivity contribution in [1.29, 1.82) is 0 Å². The van der Waals surface area contributed by atoms with Gasteiger partial charge >= 0.3 is 0 Å². The first-order chi connectivity index (χ1) is 27.3. The van der Waals surface area contributed by atoms with E-state index in [2.05, 4.69) is 175 Å². The summed E-state index contributed by atoms with van der Waals surface area (Å²) in [6.07, 6.45) is 0. The van der Waals surface area contributed by atoms with E-state index in [9.17, 15) is 0 Å². The van der Waals surface area contributed by atoms with Gasteiger partial charge in [0.25, 0.3) is 0 Å². The topological polar surface area (TPSA) is 16.4 Å². The van der Waals surface area contributed by atoms with E-state index in [0.29, 0.717) is 0 Å². The van der Waals surface area contributed by atoms with Crippen LogP contribution < -0.4 is 4.90 Å². The first kappa shape index (κ1) is 29.5. The minimum atomic E-state index is 0.918. The predicted molar refractivity (Wildman–Crippen MR) is 238 cm³/mol.